The van der Waals surface area contributed by atoms with Gasteiger partial charge in [-0.15, -0.1) is 0 Å². The first-order valence-electron chi connectivity index (χ1n) is 5.93. The third kappa shape index (κ3) is 4.57. The highest BCUT2D eigenvalue weighted by molar-refractivity contribution is 5.84. The van der Waals surface area contributed by atoms with Gasteiger partial charge >= 0.3 is 5.97 Å². The molecule has 0 aliphatic carbocycles. The maximum atomic E-state index is 11.5. The normalized spacial score (nSPS) is 12.9. The monoisotopic (exact) mass is 249 g/mol. The van der Waals surface area contributed by atoms with Gasteiger partial charge in [0.25, 0.3) is 0 Å². The molecule has 0 saturated heterocycles. The number of aliphatic imine (C=N–C) groups is 1. The summed E-state index contributed by atoms with van der Waals surface area (Å²) in [6.07, 6.45) is 2.28. The number of esters is 1. The van der Waals surface area contributed by atoms with Crippen molar-refractivity contribution in [3.63, 3.8) is 0 Å². The molecule has 4 heteroatoms. The van der Waals surface area contributed by atoms with Crippen molar-refractivity contribution >= 4 is 12.2 Å². The molecule has 0 spiro atoms. The topological polar surface area (TPSA) is 58.9 Å². The summed E-state index contributed by atoms with van der Waals surface area (Å²) in [6.45, 7) is 4.07. The molecule has 4 nitrogen and oxygen atoms in total. The molecule has 0 saturated carbocycles. The van der Waals surface area contributed by atoms with Crippen LogP contribution in [0.25, 0.3) is 0 Å². The second-order valence-corrected chi connectivity index (χ2v) is 4.54. The number of hydrogen-bond donors (Lipinski definition) is 1. The Balaban J connectivity index is 2.75. The van der Waals surface area contributed by atoms with Crippen molar-refractivity contribution in [2.45, 2.75) is 26.3 Å². The van der Waals surface area contributed by atoms with Gasteiger partial charge in [-0.2, -0.15) is 0 Å². The molecule has 0 fully saturated rings. The average molecular weight is 249 g/mol. The van der Waals surface area contributed by atoms with Crippen LogP contribution in [0, 0.1) is 5.92 Å². The van der Waals surface area contributed by atoms with E-state index in [9.17, 15) is 4.79 Å². The number of ether oxygens (including phenoxy) is 1. The zero-order valence-electron chi connectivity index (χ0n) is 11.0. The lowest BCUT2D eigenvalue weighted by Crippen LogP contribution is -2.22. The van der Waals surface area contributed by atoms with Gasteiger partial charge in [0.1, 0.15) is 11.8 Å². The summed E-state index contributed by atoms with van der Waals surface area (Å²) in [5.74, 6) is 0.253. The van der Waals surface area contributed by atoms with Crippen molar-refractivity contribution in [3.8, 4) is 5.75 Å². The summed E-state index contributed by atoms with van der Waals surface area (Å²) in [4.78, 5) is 15.8. The number of benzene rings is 1. The molecular weight excluding hydrogens is 230 g/mol. The van der Waals surface area contributed by atoms with Gasteiger partial charge in [-0.3, -0.25) is 4.99 Å². The van der Waals surface area contributed by atoms with Crippen molar-refractivity contribution in [2.75, 3.05) is 7.11 Å². The van der Waals surface area contributed by atoms with Crippen LogP contribution in [0.2, 0.25) is 0 Å². The van der Waals surface area contributed by atoms with Gasteiger partial charge in [0.15, 0.2) is 0 Å². The third-order valence-corrected chi connectivity index (χ3v) is 2.46. The third-order valence-electron chi connectivity index (χ3n) is 2.46. The summed E-state index contributed by atoms with van der Waals surface area (Å²) in [5.41, 5.74) is 0.838. The molecule has 1 rings (SSSR count). The maximum absolute atomic E-state index is 11.5. The Morgan fingerprint density at radius 2 is 2.00 bits per heavy atom. The highest BCUT2D eigenvalue weighted by Crippen LogP contribution is 2.11. The summed E-state index contributed by atoms with van der Waals surface area (Å²) in [7, 11) is 1.37. The average Bonchev–Trinajstić information content (AvgIpc) is 2.35. The van der Waals surface area contributed by atoms with Gasteiger partial charge < -0.3 is 9.84 Å². The van der Waals surface area contributed by atoms with E-state index in [0.717, 1.165) is 5.56 Å². The molecule has 1 atom stereocenters. The van der Waals surface area contributed by atoms with Gasteiger partial charge in [0, 0.05) is 6.21 Å². The molecule has 0 amide bonds. The number of methoxy groups -OCH3 is 1. The van der Waals surface area contributed by atoms with Crippen LogP contribution < -0.4 is 0 Å². The van der Waals surface area contributed by atoms with E-state index in [1.54, 1.807) is 30.5 Å². The van der Waals surface area contributed by atoms with E-state index in [1.165, 1.54) is 7.11 Å². The number of carbonyl (C=O) groups is 1. The van der Waals surface area contributed by atoms with Crippen LogP contribution in [0.4, 0.5) is 0 Å². The number of phenols is 1. The molecule has 0 aromatic heterocycles. The summed E-state index contributed by atoms with van der Waals surface area (Å²) < 4.78 is 4.73. The molecule has 1 aromatic rings. The number of hydrogen-bond acceptors (Lipinski definition) is 4. The number of carbonyl (C=O) groups excluding carboxylic acids is 1. The van der Waals surface area contributed by atoms with Gasteiger partial charge in [-0.25, -0.2) is 4.79 Å². The Bertz CT molecular complexity index is 410. The SMILES string of the molecule is COC(=O)[C@H](CC(C)C)N=Cc1ccc(O)cc1. The van der Waals surface area contributed by atoms with E-state index in [1.807, 2.05) is 13.8 Å². The zero-order valence-corrected chi connectivity index (χ0v) is 11.0. The van der Waals surface area contributed by atoms with Crippen molar-refractivity contribution in [1.29, 1.82) is 0 Å². The summed E-state index contributed by atoms with van der Waals surface area (Å²) in [6, 6.07) is 6.17. The minimum Gasteiger partial charge on any atom is -0.508 e. The standard InChI is InChI=1S/C14H19NO3/c1-10(2)8-13(14(17)18-3)15-9-11-4-6-12(16)7-5-11/h4-7,9-10,13,16H,8H2,1-3H3/t13-/m0/s1. The fraction of sp³-hybridized carbons (Fsp3) is 0.429. The van der Waals surface area contributed by atoms with Crippen molar-refractivity contribution < 1.29 is 14.6 Å². The predicted octanol–water partition coefficient (Wildman–Crippen LogP) is 2.40. The van der Waals surface area contributed by atoms with Gasteiger partial charge in [0.05, 0.1) is 7.11 Å². The molecule has 0 aliphatic rings. The molecule has 0 heterocycles. The Kier molecular flexibility index (Phi) is 5.36. The van der Waals surface area contributed by atoms with Gasteiger partial charge in [0.2, 0.25) is 0 Å². The second-order valence-electron chi connectivity index (χ2n) is 4.54. The molecule has 18 heavy (non-hydrogen) atoms. The highest BCUT2D eigenvalue weighted by Gasteiger charge is 2.18. The van der Waals surface area contributed by atoms with E-state index in [4.69, 9.17) is 9.84 Å². The van der Waals surface area contributed by atoms with Crippen LogP contribution in [0.15, 0.2) is 29.3 Å². The Labute approximate surface area is 107 Å². The highest BCUT2D eigenvalue weighted by atomic mass is 16.5. The van der Waals surface area contributed by atoms with E-state index in [2.05, 4.69) is 4.99 Å². The largest absolute Gasteiger partial charge is 0.508 e. The van der Waals surface area contributed by atoms with Crippen molar-refractivity contribution in [3.05, 3.63) is 29.8 Å². The quantitative estimate of drug-likeness (QED) is 0.644. The van der Waals surface area contributed by atoms with Crippen LogP contribution in [0.3, 0.4) is 0 Å². The van der Waals surface area contributed by atoms with E-state index in [-0.39, 0.29) is 11.7 Å². The fourth-order valence-electron chi connectivity index (χ4n) is 1.54. The first kappa shape index (κ1) is 14.2. The molecule has 1 aromatic carbocycles. The Hall–Kier alpha value is -1.84. The van der Waals surface area contributed by atoms with Crippen LogP contribution in [0.1, 0.15) is 25.8 Å². The lowest BCUT2D eigenvalue weighted by molar-refractivity contribution is -0.142. The van der Waals surface area contributed by atoms with E-state index in [0.29, 0.717) is 12.3 Å². The molecule has 0 radical (unpaired) electrons. The van der Waals surface area contributed by atoms with Crippen molar-refractivity contribution in [2.24, 2.45) is 10.9 Å². The number of rotatable bonds is 5. The first-order valence-corrected chi connectivity index (χ1v) is 5.93. The first-order chi connectivity index (χ1) is 8.52. The molecule has 0 unspecified atom stereocenters. The van der Waals surface area contributed by atoms with E-state index < -0.39 is 6.04 Å². The van der Waals surface area contributed by atoms with Crippen LogP contribution in [-0.4, -0.2) is 30.4 Å². The Morgan fingerprint density at radius 1 is 1.39 bits per heavy atom. The minimum atomic E-state index is -0.469. The minimum absolute atomic E-state index is 0.207. The fourth-order valence-corrected chi connectivity index (χ4v) is 1.54. The number of nitrogens with zero attached hydrogens (tertiary/aromatic N) is 1. The predicted molar refractivity (Wildman–Crippen MR) is 71.0 cm³/mol. The summed E-state index contributed by atoms with van der Waals surface area (Å²) >= 11 is 0. The van der Waals surface area contributed by atoms with Gasteiger partial charge in [-0.05, 0) is 42.2 Å². The van der Waals surface area contributed by atoms with Crippen LogP contribution in [-0.2, 0) is 9.53 Å². The van der Waals surface area contributed by atoms with Crippen LogP contribution >= 0.6 is 0 Å². The number of aromatic hydroxyl groups is 1. The van der Waals surface area contributed by atoms with Gasteiger partial charge in [-0.1, -0.05) is 13.8 Å². The van der Waals surface area contributed by atoms with E-state index >= 15 is 0 Å². The molecule has 98 valence electrons. The Morgan fingerprint density at radius 3 is 2.50 bits per heavy atom. The molecule has 1 N–H and O–H groups in total. The smallest absolute Gasteiger partial charge is 0.330 e. The second kappa shape index (κ2) is 6.79. The number of phenolic OH excluding ortho intramolecular Hbond substituents is 1. The lowest BCUT2D eigenvalue weighted by atomic mass is 10.0. The molecule has 0 bridgehead atoms. The molecular formula is C14H19NO3. The zero-order chi connectivity index (χ0) is 13.5. The summed E-state index contributed by atoms with van der Waals surface area (Å²) in [5, 5.41) is 9.16. The molecule has 0 aliphatic heterocycles. The maximum Gasteiger partial charge on any atom is 0.330 e. The van der Waals surface area contributed by atoms with Crippen molar-refractivity contribution in [1.82, 2.24) is 0 Å². The lowest BCUT2D eigenvalue weighted by Gasteiger charge is -2.12. The van der Waals surface area contributed by atoms with Crippen LogP contribution in [0.5, 0.6) is 5.75 Å².